The molecule has 0 unspecified atom stereocenters. The number of nitrogens with two attached hydrogens (primary N) is 1. The van der Waals surface area contributed by atoms with Crippen molar-refractivity contribution in [3.8, 4) is 0 Å². The molecule has 0 amide bonds. The first-order valence-electron chi connectivity index (χ1n) is 9.03. The van der Waals surface area contributed by atoms with E-state index in [-0.39, 0.29) is 0 Å². The highest BCUT2D eigenvalue weighted by Gasteiger charge is 2.17. The maximum absolute atomic E-state index is 6.30. The van der Waals surface area contributed by atoms with E-state index in [1.54, 1.807) is 7.11 Å². The van der Waals surface area contributed by atoms with Crippen LogP contribution in [0.25, 0.3) is 0 Å². The van der Waals surface area contributed by atoms with Crippen LogP contribution in [-0.4, -0.2) is 39.9 Å². The topological polar surface area (TPSA) is 50.5 Å². The van der Waals surface area contributed by atoms with Crippen molar-refractivity contribution in [2.75, 3.05) is 50.5 Å². The fourth-order valence-corrected chi connectivity index (χ4v) is 3.18. The summed E-state index contributed by atoms with van der Waals surface area (Å²) in [4.78, 5) is 2.44. The third-order valence-electron chi connectivity index (χ3n) is 4.74. The first kappa shape index (κ1) is 18.1. The van der Waals surface area contributed by atoms with Gasteiger partial charge in [0.05, 0.1) is 11.4 Å². The molecular weight excluding hydrogens is 286 g/mol. The van der Waals surface area contributed by atoms with E-state index >= 15 is 0 Å². The minimum absolute atomic E-state index is 0.834. The first-order chi connectivity index (χ1) is 11.2. The van der Waals surface area contributed by atoms with Crippen molar-refractivity contribution in [1.29, 1.82) is 0 Å². The van der Waals surface area contributed by atoms with E-state index in [1.807, 2.05) is 0 Å². The van der Waals surface area contributed by atoms with Crippen molar-refractivity contribution < 1.29 is 4.74 Å². The van der Waals surface area contributed by atoms with Crippen LogP contribution >= 0.6 is 0 Å². The summed E-state index contributed by atoms with van der Waals surface area (Å²) in [5.41, 5.74) is 9.80. The third kappa shape index (κ3) is 6.04. The molecule has 0 radical (unpaired) electrons. The Kier molecular flexibility index (Phi) is 7.69. The Hall–Kier alpha value is -1.26. The Morgan fingerprint density at radius 1 is 1.22 bits per heavy atom. The molecule has 1 saturated heterocycles. The Morgan fingerprint density at radius 3 is 2.65 bits per heavy atom. The Morgan fingerprint density at radius 2 is 1.96 bits per heavy atom. The number of hydrogen-bond donors (Lipinski definition) is 2. The molecule has 0 aliphatic carbocycles. The molecule has 1 aromatic carbocycles. The molecule has 0 aromatic heterocycles. The number of anilines is 2. The van der Waals surface area contributed by atoms with E-state index in [9.17, 15) is 0 Å². The number of methoxy groups -OCH3 is 1. The number of nitrogens with zero attached hydrogens (tertiary/aromatic N) is 1. The molecule has 0 atom stereocenters. The summed E-state index contributed by atoms with van der Waals surface area (Å²) in [6, 6.07) is 6.62. The lowest BCUT2D eigenvalue weighted by atomic mass is 9.98. The summed E-state index contributed by atoms with van der Waals surface area (Å²) >= 11 is 0. The van der Waals surface area contributed by atoms with Crippen molar-refractivity contribution in [3.05, 3.63) is 23.8 Å². The summed E-state index contributed by atoms with van der Waals surface area (Å²) in [5.74, 6) is 0.850. The summed E-state index contributed by atoms with van der Waals surface area (Å²) in [6.45, 7) is 7.53. The second kappa shape index (κ2) is 9.78. The molecule has 23 heavy (non-hydrogen) atoms. The minimum Gasteiger partial charge on any atom is -0.397 e. The van der Waals surface area contributed by atoms with Gasteiger partial charge in [-0.1, -0.05) is 13.0 Å². The number of ether oxygens (including phenoxy) is 1. The normalized spacial score (nSPS) is 16.0. The first-order valence-corrected chi connectivity index (χ1v) is 9.03. The van der Waals surface area contributed by atoms with E-state index in [1.165, 1.54) is 24.1 Å². The molecule has 3 N–H and O–H groups in total. The molecule has 4 nitrogen and oxygen atoms in total. The van der Waals surface area contributed by atoms with Gasteiger partial charge in [-0.05, 0) is 68.8 Å². The zero-order valence-corrected chi connectivity index (χ0v) is 14.8. The molecule has 2 rings (SSSR count). The number of nitrogens with one attached hydrogen (secondary N) is 1. The van der Waals surface area contributed by atoms with Gasteiger partial charge in [0.25, 0.3) is 0 Å². The van der Waals surface area contributed by atoms with E-state index in [0.29, 0.717) is 0 Å². The van der Waals surface area contributed by atoms with E-state index in [0.717, 1.165) is 63.7 Å². The maximum Gasteiger partial charge on any atom is 0.0600 e. The SMILES string of the molecule is COCCCNCCCc1ccc(N2CCC(C)CC2)c(N)c1. The van der Waals surface area contributed by atoms with Gasteiger partial charge in [-0.2, -0.15) is 0 Å². The molecule has 1 heterocycles. The zero-order chi connectivity index (χ0) is 16.5. The molecule has 1 aliphatic heterocycles. The van der Waals surface area contributed by atoms with E-state index in [4.69, 9.17) is 10.5 Å². The number of nitrogen functional groups attached to an aromatic ring is 1. The number of aryl methyl sites for hydroxylation is 1. The van der Waals surface area contributed by atoms with Crippen molar-refractivity contribution in [2.24, 2.45) is 5.92 Å². The highest BCUT2D eigenvalue weighted by molar-refractivity contribution is 5.68. The van der Waals surface area contributed by atoms with Crippen LogP contribution < -0.4 is 16.0 Å². The van der Waals surface area contributed by atoms with Gasteiger partial charge < -0.3 is 20.7 Å². The Balaban J connectivity index is 1.73. The van der Waals surface area contributed by atoms with Gasteiger partial charge in [0.15, 0.2) is 0 Å². The summed E-state index contributed by atoms with van der Waals surface area (Å²) in [6.07, 6.45) is 5.85. The lowest BCUT2D eigenvalue weighted by molar-refractivity contribution is 0.194. The second-order valence-electron chi connectivity index (χ2n) is 6.76. The third-order valence-corrected chi connectivity index (χ3v) is 4.74. The van der Waals surface area contributed by atoms with E-state index < -0.39 is 0 Å². The molecule has 0 spiro atoms. The molecular formula is C19H33N3O. The lowest BCUT2D eigenvalue weighted by Gasteiger charge is -2.33. The van der Waals surface area contributed by atoms with Crippen molar-refractivity contribution in [2.45, 2.75) is 39.0 Å². The molecule has 1 aliphatic rings. The Labute approximate surface area is 141 Å². The summed E-state index contributed by atoms with van der Waals surface area (Å²) in [5, 5.41) is 3.45. The van der Waals surface area contributed by atoms with Crippen molar-refractivity contribution in [3.63, 3.8) is 0 Å². The molecule has 4 heteroatoms. The van der Waals surface area contributed by atoms with Gasteiger partial charge in [0.2, 0.25) is 0 Å². The monoisotopic (exact) mass is 319 g/mol. The quantitative estimate of drug-likeness (QED) is 0.542. The van der Waals surface area contributed by atoms with Crippen LogP contribution in [0.5, 0.6) is 0 Å². The Bertz CT molecular complexity index is 456. The second-order valence-corrected chi connectivity index (χ2v) is 6.76. The van der Waals surface area contributed by atoms with Gasteiger partial charge in [-0.3, -0.25) is 0 Å². The van der Waals surface area contributed by atoms with Crippen molar-refractivity contribution >= 4 is 11.4 Å². The summed E-state index contributed by atoms with van der Waals surface area (Å²) in [7, 11) is 1.75. The van der Waals surface area contributed by atoms with Crippen LogP contribution in [0.3, 0.4) is 0 Å². The fraction of sp³-hybridized carbons (Fsp3) is 0.684. The predicted molar refractivity (Wildman–Crippen MR) is 99.1 cm³/mol. The van der Waals surface area contributed by atoms with Gasteiger partial charge in [0.1, 0.15) is 0 Å². The van der Waals surface area contributed by atoms with Crippen LogP contribution in [0, 0.1) is 5.92 Å². The number of benzene rings is 1. The largest absolute Gasteiger partial charge is 0.397 e. The predicted octanol–water partition coefficient (Wildman–Crippen LogP) is 3.06. The highest BCUT2D eigenvalue weighted by Crippen LogP contribution is 2.29. The molecule has 1 fully saturated rings. The van der Waals surface area contributed by atoms with Gasteiger partial charge >= 0.3 is 0 Å². The van der Waals surface area contributed by atoms with Gasteiger partial charge in [0, 0.05) is 26.8 Å². The zero-order valence-electron chi connectivity index (χ0n) is 14.8. The highest BCUT2D eigenvalue weighted by atomic mass is 16.5. The van der Waals surface area contributed by atoms with Crippen LogP contribution in [0.1, 0.15) is 38.2 Å². The molecule has 130 valence electrons. The van der Waals surface area contributed by atoms with Crippen LogP contribution in [0.2, 0.25) is 0 Å². The lowest BCUT2D eigenvalue weighted by Crippen LogP contribution is -2.33. The van der Waals surface area contributed by atoms with Crippen LogP contribution in [0.15, 0.2) is 18.2 Å². The minimum atomic E-state index is 0.834. The standard InChI is InChI=1S/C19H33N3O/c1-16-8-12-22(13-9-16)19-7-6-17(15-18(19)20)5-3-10-21-11-4-14-23-2/h6-7,15-16,21H,3-5,8-14,20H2,1-2H3. The van der Waals surface area contributed by atoms with Crippen LogP contribution in [0.4, 0.5) is 11.4 Å². The number of rotatable bonds is 9. The smallest absolute Gasteiger partial charge is 0.0600 e. The van der Waals surface area contributed by atoms with Crippen molar-refractivity contribution in [1.82, 2.24) is 5.32 Å². The average molecular weight is 319 g/mol. The van der Waals surface area contributed by atoms with Gasteiger partial charge in [-0.15, -0.1) is 0 Å². The summed E-state index contributed by atoms with van der Waals surface area (Å²) < 4.78 is 5.04. The fourth-order valence-electron chi connectivity index (χ4n) is 3.18. The number of hydrogen-bond acceptors (Lipinski definition) is 4. The molecule has 0 bridgehead atoms. The van der Waals surface area contributed by atoms with Gasteiger partial charge in [-0.25, -0.2) is 0 Å². The number of piperidine rings is 1. The van der Waals surface area contributed by atoms with Crippen LogP contribution in [-0.2, 0) is 11.2 Å². The average Bonchev–Trinajstić information content (AvgIpc) is 2.55. The van der Waals surface area contributed by atoms with E-state index in [2.05, 4.69) is 35.3 Å². The maximum atomic E-state index is 6.30. The molecule has 0 saturated carbocycles. The molecule has 1 aromatic rings.